The van der Waals surface area contributed by atoms with Gasteiger partial charge in [-0.3, -0.25) is 19.2 Å². The van der Waals surface area contributed by atoms with E-state index in [1.165, 1.54) is 0 Å². The molecule has 4 fully saturated rings. The lowest BCUT2D eigenvalue weighted by Crippen LogP contribution is -2.69. The number of esters is 1. The fourth-order valence-electron chi connectivity index (χ4n) is 7.27. The highest BCUT2D eigenvalue weighted by Crippen LogP contribution is 2.58. The second kappa shape index (κ2) is 10.8. The Balaban J connectivity index is 1.19. The second-order valence-corrected chi connectivity index (χ2v) is 12.9. The lowest BCUT2D eigenvalue weighted by molar-refractivity contribution is -0.217. The summed E-state index contributed by atoms with van der Waals surface area (Å²) in [5.41, 5.74) is 1.91. The highest BCUT2D eigenvalue weighted by molar-refractivity contribution is 14.1. The largest absolute Gasteiger partial charge is 0.458 e. The third kappa shape index (κ3) is 4.63. The first-order chi connectivity index (χ1) is 20.3. The van der Waals surface area contributed by atoms with E-state index >= 15 is 0 Å². The summed E-state index contributed by atoms with van der Waals surface area (Å²) in [7, 11) is 0. The number of benzene rings is 2. The van der Waals surface area contributed by atoms with E-state index in [-0.39, 0.29) is 50.9 Å². The van der Waals surface area contributed by atoms with Crippen molar-refractivity contribution >= 4 is 40.4 Å². The maximum atomic E-state index is 14.2. The highest BCUT2D eigenvalue weighted by Gasteiger charge is 2.76. The summed E-state index contributed by atoms with van der Waals surface area (Å²) in [5.74, 6) is -2.13. The molecule has 1 spiro atoms. The molecular weight excluding hydrogens is 657 g/mol. The van der Waals surface area contributed by atoms with Crippen LogP contribution in [-0.2, 0) is 52.8 Å². The molecule has 2 aromatic carbocycles. The van der Waals surface area contributed by atoms with Crippen LogP contribution in [-0.4, -0.2) is 83.9 Å². The van der Waals surface area contributed by atoms with Crippen LogP contribution >= 0.6 is 22.6 Å². The van der Waals surface area contributed by atoms with Crippen LogP contribution in [0, 0.1) is 8.99 Å². The van der Waals surface area contributed by atoms with E-state index in [1.807, 2.05) is 36.4 Å². The predicted octanol–water partition coefficient (Wildman–Crippen LogP) is 0.985. The Kier molecular flexibility index (Phi) is 7.26. The molecule has 2 amide bonds. The monoisotopic (exact) mass is 689 g/mol. The predicted molar refractivity (Wildman–Crippen MR) is 154 cm³/mol. The van der Waals surface area contributed by atoms with E-state index in [9.17, 15) is 14.4 Å². The van der Waals surface area contributed by atoms with Crippen LogP contribution in [0.15, 0.2) is 48.5 Å². The van der Waals surface area contributed by atoms with E-state index < -0.39 is 47.6 Å². The molecule has 11 nitrogen and oxygen atoms in total. The SMILES string of the molecule is O=C(CCNC(=O)[C@@]12C[C@H]3OC(=O)[C@@H]1N(Cc1ccc(I)cc1)O[C@@H]2[C@H]1OC2(Cc4ccccc4C2)O[C@H]13)NCCO. The van der Waals surface area contributed by atoms with Crippen molar-refractivity contribution in [3.05, 3.63) is 68.8 Å². The van der Waals surface area contributed by atoms with Gasteiger partial charge in [-0.1, -0.05) is 36.4 Å². The molecule has 0 aromatic heterocycles. The Bertz CT molecular complexity index is 1380. The molecule has 3 aliphatic heterocycles. The fraction of sp³-hybridized carbons (Fsp3) is 0.500. The molecule has 42 heavy (non-hydrogen) atoms. The third-order valence-corrected chi connectivity index (χ3v) is 9.76. The van der Waals surface area contributed by atoms with Crippen molar-refractivity contribution in [2.24, 2.45) is 5.41 Å². The zero-order valence-electron chi connectivity index (χ0n) is 22.8. The Hall–Kier alpha value is -2.62. The molecule has 3 N–H and O–H groups in total. The van der Waals surface area contributed by atoms with Crippen LogP contribution in [0.25, 0.3) is 0 Å². The third-order valence-electron chi connectivity index (χ3n) is 9.04. The van der Waals surface area contributed by atoms with Crippen molar-refractivity contribution in [1.82, 2.24) is 15.7 Å². The number of carbonyl (C=O) groups is 3. The smallest absolute Gasteiger partial charge is 0.327 e. The number of carbonyl (C=O) groups excluding carboxylic acids is 3. The first-order valence-corrected chi connectivity index (χ1v) is 15.4. The van der Waals surface area contributed by atoms with E-state index in [4.69, 9.17) is 24.2 Å². The van der Waals surface area contributed by atoms with Crippen LogP contribution in [0.4, 0.5) is 0 Å². The number of aliphatic hydroxyl groups excluding tert-OH is 1. The molecule has 0 radical (unpaired) electrons. The van der Waals surface area contributed by atoms with Crippen LogP contribution < -0.4 is 10.6 Å². The number of aliphatic hydroxyl groups is 1. The quantitative estimate of drug-likeness (QED) is 0.274. The minimum Gasteiger partial charge on any atom is -0.458 e. The molecule has 3 saturated heterocycles. The van der Waals surface area contributed by atoms with Crippen molar-refractivity contribution in [2.75, 3.05) is 19.7 Å². The maximum Gasteiger partial charge on any atom is 0.327 e. The van der Waals surface area contributed by atoms with Crippen LogP contribution in [0.2, 0.25) is 0 Å². The van der Waals surface area contributed by atoms with Crippen molar-refractivity contribution in [3.63, 3.8) is 0 Å². The average Bonchev–Trinajstić information content (AvgIpc) is 3.64. The number of fused-ring (bicyclic) bond motifs is 5. The zero-order chi connectivity index (χ0) is 29.1. The van der Waals surface area contributed by atoms with Gasteiger partial charge in [0.15, 0.2) is 11.8 Å². The Morgan fingerprint density at radius 1 is 1.00 bits per heavy atom. The van der Waals surface area contributed by atoms with E-state index in [0.717, 1.165) is 20.3 Å². The number of hydroxylamine groups is 2. The Labute approximate surface area is 256 Å². The van der Waals surface area contributed by atoms with Crippen molar-refractivity contribution in [2.45, 2.75) is 68.5 Å². The first kappa shape index (κ1) is 28.2. The van der Waals surface area contributed by atoms with Crippen LogP contribution in [0.5, 0.6) is 0 Å². The van der Waals surface area contributed by atoms with E-state index in [2.05, 4.69) is 45.4 Å². The van der Waals surface area contributed by atoms with Gasteiger partial charge in [0.05, 0.1) is 13.2 Å². The summed E-state index contributed by atoms with van der Waals surface area (Å²) in [6, 6.07) is 15.0. The molecule has 7 rings (SSSR count). The van der Waals surface area contributed by atoms with Crippen molar-refractivity contribution in [3.8, 4) is 0 Å². The average molecular weight is 690 g/mol. The van der Waals surface area contributed by atoms with Crippen LogP contribution in [0.3, 0.4) is 0 Å². The molecule has 222 valence electrons. The molecule has 0 unspecified atom stereocenters. The van der Waals surface area contributed by atoms with Gasteiger partial charge in [0.2, 0.25) is 11.8 Å². The number of nitrogens with zero attached hydrogens (tertiary/aromatic N) is 1. The molecule has 2 aliphatic carbocycles. The number of hydrogen-bond acceptors (Lipinski definition) is 9. The van der Waals surface area contributed by atoms with Gasteiger partial charge in [-0.15, -0.1) is 0 Å². The van der Waals surface area contributed by atoms with E-state index in [1.54, 1.807) is 5.06 Å². The summed E-state index contributed by atoms with van der Waals surface area (Å²) in [4.78, 5) is 46.5. The van der Waals surface area contributed by atoms with Gasteiger partial charge < -0.3 is 30.0 Å². The number of nitrogens with one attached hydrogen (secondary N) is 2. The minimum absolute atomic E-state index is 0.0330. The Morgan fingerprint density at radius 2 is 1.71 bits per heavy atom. The van der Waals surface area contributed by atoms with Gasteiger partial charge in [0.25, 0.3) is 0 Å². The van der Waals surface area contributed by atoms with E-state index in [0.29, 0.717) is 12.8 Å². The normalized spacial score (nSPS) is 31.9. The second-order valence-electron chi connectivity index (χ2n) is 11.6. The summed E-state index contributed by atoms with van der Waals surface area (Å²) in [5, 5.41) is 16.0. The molecule has 1 saturated carbocycles. The molecule has 5 aliphatic rings. The lowest BCUT2D eigenvalue weighted by atomic mass is 9.62. The lowest BCUT2D eigenvalue weighted by Gasteiger charge is -2.48. The van der Waals surface area contributed by atoms with Gasteiger partial charge in [0, 0.05) is 42.3 Å². The summed E-state index contributed by atoms with van der Waals surface area (Å²) < 4.78 is 20.4. The zero-order valence-corrected chi connectivity index (χ0v) is 25.0. The number of halogens is 1. The van der Waals surface area contributed by atoms with Gasteiger partial charge in [-0.2, -0.15) is 5.06 Å². The molecular formula is C30H32IN3O8. The molecule has 2 aromatic rings. The number of hydrogen-bond donors (Lipinski definition) is 3. The molecule has 2 bridgehead atoms. The Morgan fingerprint density at radius 3 is 2.43 bits per heavy atom. The van der Waals surface area contributed by atoms with Gasteiger partial charge in [-0.05, 0) is 51.4 Å². The summed E-state index contributed by atoms with van der Waals surface area (Å²) in [6.45, 7) is 0.310. The number of ether oxygens (including phenoxy) is 3. The fourth-order valence-corrected chi connectivity index (χ4v) is 7.63. The molecule has 3 heterocycles. The highest BCUT2D eigenvalue weighted by atomic mass is 127. The van der Waals surface area contributed by atoms with Crippen LogP contribution in [0.1, 0.15) is 29.5 Å². The standard InChI is InChI=1S/C30H32IN3O8/c31-20-7-5-17(6-8-20)16-34-25-27(37)39-21-15-30(25,28(38)33-10-9-22(36)32-11-12-35)26(42-34)24-23(21)40-29(41-24)13-18-3-1-2-4-19(18)14-29/h1-8,21,23-26,35H,9-16H2,(H,32,36)(H,33,38)/t21-,23+,24+,25+,26-,30+/m1/s1. The van der Waals surface area contributed by atoms with Crippen molar-refractivity contribution in [1.29, 1.82) is 0 Å². The summed E-state index contributed by atoms with van der Waals surface area (Å²) >= 11 is 2.23. The number of rotatable bonds is 8. The maximum absolute atomic E-state index is 14.2. The molecule has 6 atom stereocenters. The first-order valence-electron chi connectivity index (χ1n) is 14.3. The summed E-state index contributed by atoms with van der Waals surface area (Å²) in [6.07, 6.45) is -1.35. The van der Waals surface area contributed by atoms with Gasteiger partial charge >= 0.3 is 5.97 Å². The van der Waals surface area contributed by atoms with Crippen molar-refractivity contribution < 1.29 is 38.5 Å². The van der Waals surface area contributed by atoms with Gasteiger partial charge in [0.1, 0.15) is 29.8 Å². The minimum atomic E-state index is -1.30. The number of amides is 2. The molecule has 12 heteroatoms. The van der Waals surface area contributed by atoms with Gasteiger partial charge in [-0.25, -0.2) is 0 Å². The topological polar surface area (TPSA) is 136 Å².